The molecular weight excluding hydrogens is 266 g/mol. The Labute approximate surface area is 124 Å². The van der Waals surface area contributed by atoms with Gasteiger partial charge in [-0.05, 0) is 30.2 Å². The fourth-order valence-corrected chi connectivity index (χ4v) is 1.96. The van der Waals surface area contributed by atoms with Gasteiger partial charge in [-0.3, -0.25) is 9.78 Å². The molecule has 21 heavy (non-hydrogen) atoms. The summed E-state index contributed by atoms with van der Waals surface area (Å²) >= 11 is 0. The number of carbonyl (C=O) groups is 1. The zero-order valence-corrected chi connectivity index (χ0v) is 12.0. The van der Waals surface area contributed by atoms with Gasteiger partial charge in [-0.25, -0.2) is 0 Å². The van der Waals surface area contributed by atoms with Crippen molar-refractivity contribution in [3.05, 3.63) is 65.5 Å². The first-order valence-corrected chi connectivity index (χ1v) is 6.96. The molecule has 0 radical (unpaired) electrons. The average molecular weight is 285 g/mol. The summed E-state index contributed by atoms with van der Waals surface area (Å²) in [5.41, 5.74) is 2.86. The number of benzene rings is 1. The largest absolute Gasteiger partial charge is 0.481 e. The molecule has 0 aliphatic heterocycles. The summed E-state index contributed by atoms with van der Waals surface area (Å²) in [6, 6.07) is 13.3. The van der Waals surface area contributed by atoms with Gasteiger partial charge in [0.15, 0.2) is 0 Å². The number of carboxylic acids is 1. The Morgan fingerprint density at radius 2 is 2.00 bits per heavy atom. The van der Waals surface area contributed by atoms with E-state index in [1.807, 2.05) is 42.5 Å². The second-order valence-corrected chi connectivity index (χ2v) is 4.93. The normalized spacial score (nSPS) is 12.0. The van der Waals surface area contributed by atoms with Crippen LogP contribution in [-0.4, -0.2) is 22.7 Å². The number of ether oxygens (including phenoxy) is 1. The van der Waals surface area contributed by atoms with Gasteiger partial charge in [-0.1, -0.05) is 30.3 Å². The Hall–Kier alpha value is -2.20. The molecule has 4 heteroatoms. The molecule has 1 atom stereocenters. The second-order valence-electron chi connectivity index (χ2n) is 4.93. The van der Waals surface area contributed by atoms with Gasteiger partial charge in [0.2, 0.25) is 0 Å². The van der Waals surface area contributed by atoms with Crippen LogP contribution in [0.1, 0.15) is 29.7 Å². The predicted molar refractivity (Wildman–Crippen MR) is 80.1 cm³/mol. The minimum absolute atomic E-state index is 0.482. The van der Waals surface area contributed by atoms with E-state index in [4.69, 9.17) is 9.84 Å². The quantitative estimate of drug-likeness (QED) is 0.794. The highest BCUT2D eigenvalue weighted by Gasteiger charge is 2.12. The molecule has 1 aromatic carbocycles. The summed E-state index contributed by atoms with van der Waals surface area (Å²) in [6.07, 6.45) is 2.56. The third kappa shape index (κ3) is 4.68. The van der Waals surface area contributed by atoms with Crippen molar-refractivity contribution in [2.75, 3.05) is 6.61 Å². The van der Waals surface area contributed by atoms with Gasteiger partial charge in [0.05, 0.1) is 19.1 Å². The summed E-state index contributed by atoms with van der Waals surface area (Å²) in [7, 11) is 0. The highest BCUT2D eigenvalue weighted by atomic mass is 16.5. The number of carboxylic acid groups (broad SMARTS) is 1. The lowest BCUT2D eigenvalue weighted by Gasteiger charge is -2.08. The Kier molecular flexibility index (Phi) is 5.46. The van der Waals surface area contributed by atoms with Crippen LogP contribution in [0.2, 0.25) is 0 Å². The van der Waals surface area contributed by atoms with Crippen molar-refractivity contribution in [3.63, 3.8) is 0 Å². The van der Waals surface area contributed by atoms with E-state index < -0.39 is 11.9 Å². The van der Waals surface area contributed by atoms with Crippen LogP contribution in [0.5, 0.6) is 0 Å². The van der Waals surface area contributed by atoms with Gasteiger partial charge in [-0.2, -0.15) is 0 Å². The number of hydrogen-bond acceptors (Lipinski definition) is 3. The topological polar surface area (TPSA) is 59.4 Å². The molecule has 4 nitrogen and oxygen atoms in total. The highest BCUT2D eigenvalue weighted by Crippen LogP contribution is 2.16. The van der Waals surface area contributed by atoms with Crippen LogP contribution in [-0.2, 0) is 22.6 Å². The maximum atomic E-state index is 10.9. The Bertz CT molecular complexity index is 566. The summed E-state index contributed by atoms with van der Waals surface area (Å²) in [5.74, 6) is -1.29. The van der Waals surface area contributed by atoms with E-state index in [0.717, 1.165) is 23.2 Å². The molecule has 1 unspecified atom stereocenters. The van der Waals surface area contributed by atoms with Crippen LogP contribution in [0.3, 0.4) is 0 Å². The Morgan fingerprint density at radius 3 is 2.62 bits per heavy atom. The molecule has 0 amide bonds. The van der Waals surface area contributed by atoms with Gasteiger partial charge >= 0.3 is 5.97 Å². The fraction of sp³-hybridized carbons (Fsp3) is 0.294. The van der Waals surface area contributed by atoms with E-state index in [1.165, 1.54) is 0 Å². The van der Waals surface area contributed by atoms with E-state index in [1.54, 1.807) is 13.1 Å². The maximum absolute atomic E-state index is 10.9. The minimum atomic E-state index is -0.811. The van der Waals surface area contributed by atoms with Gasteiger partial charge < -0.3 is 9.84 Å². The standard InChI is InChI=1S/C17H19NO3/c1-13(17(19)20)15-7-5-14(6-8-15)12-21-11-9-16-4-2-3-10-18-16/h2-8,10,13H,9,11-12H2,1H3,(H,19,20). The zero-order chi connectivity index (χ0) is 15.1. The highest BCUT2D eigenvalue weighted by molar-refractivity contribution is 5.75. The SMILES string of the molecule is CC(C(=O)O)c1ccc(COCCc2ccccn2)cc1. The van der Waals surface area contributed by atoms with E-state index in [-0.39, 0.29) is 0 Å². The summed E-state index contributed by atoms with van der Waals surface area (Å²) in [4.78, 5) is 15.1. The van der Waals surface area contributed by atoms with Crippen molar-refractivity contribution < 1.29 is 14.6 Å². The fourth-order valence-electron chi connectivity index (χ4n) is 1.96. The smallest absolute Gasteiger partial charge is 0.310 e. The second kappa shape index (κ2) is 7.55. The predicted octanol–water partition coefficient (Wildman–Crippen LogP) is 3.03. The van der Waals surface area contributed by atoms with Gasteiger partial charge in [0, 0.05) is 18.3 Å². The van der Waals surface area contributed by atoms with E-state index in [9.17, 15) is 4.79 Å². The van der Waals surface area contributed by atoms with Gasteiger partial charge in [0.1, 0.15) is 0 Å². The lowest BCUT2D eigenvalue weighted by molar-refractivity contribution is -0.138. The van der Waals surface area contributed by atoms with Crippen LogP contribution in [0, 0.1) is 0 Å². The molecule has 1 N–H and O–H groups in total. The first kappa shape index (κ1) is 15.2. The lowest BCUT2D eigenvalue weighted by atomic mass is 10.0. The van der Waals surface area contributed by atoms with E-state index in [2.05, 4.69) is 4.98 Å². The van der Waals surface area contributed by atoms with Crippen molar-refractivity contribution in [3.8, 4) is 0 Å². The molecule has 0 saturated heterocycles. The first-order chi connectivity index (χ1) is 10.2. The number of aliphatic carboxylic acids is 1. The molecule has 0 aliphatic carbocycles. The van der Waals surface area contributed by atoms with Crippen LogP contribution in [0.25, 0.3) is 0 Å². The molecular formula is C17H19NO3. The van der Waals surface area contributed by atoms with Crippen LogP contribution < -0.4 is 0 Å². The molecule has 1 heterocycles. The third-order valence-electron chi connectivity index (χ3n) is 3.35. The van der Waals surface area contributed by atoms with Crippen LogP contribution in [0.4, 0.5) is 0 Å². The molecule has 1 aromatic heterocycles. The molecule has 2 aromatic rings. The summed E-state index contributed by atoms with van der Waals surface area (Å²) < 4.78 is 5.62. The number of hydrogen-bond donors (Lipinski definition) is 1. The number of nitrogens with zero attached hydrogens (tertiary/aromatic N) is 1. The first-order valence-electron chi connectivity index (χ1n) is 6.96. The van der Waals surface area contributed by atoms with Crippen LogP contribution >= 0.6 is 0 Å². The summed E-state index contributed by atoms with van der Waals surface area (Å²) in [6.45, 7) is 2.82. The minimum Gasteiger partial charge on any atom is -0.481 e. The van der Waals surface area contributed by atoms with Gasteiger partial charge in [-0.15, -0.1) is 0 Å². The third-order valence-corrected chi connectivity index (χ3v) is 3.35. The van der Waals surface area contributed by atoms with Gasteiger partial charge in [0.25, 0.3) is 0 Å². The number of rotatable bonds is 7. The van der Waals surface area contributed by atoms with Crippen molar-refractivity contribution >= 4 is 5.97 Å². The van der Waals surface area contributed by atoms with E-state index in [0.29, 0.717) is 13.2 Å². The molecule has 0 saturated carbocycles. The average Bonchev–Trinajstić information content (AvgIpc) is 2.52. The molecule has 0 spiro atoms. The molecule has 0 bridgehead atoms. The van der Waals surface area contributed by atoms with Crippen molar-refractivity contribution in [1.29, 1.82) is 0 Å². The number of aromatic nitrogens is 1. The van der Waals surface area contributed by atoms with E-state index >= 15 is 0 Å². The Morgan fingerprint density at radius 1 is 1.24 bits per heavy atom. The lowest BCUT2D eigenvalue weighted by Crippen LogP contribution is -2.07. The molecule has 110 valence electrons. The number of pyridine rings is 1. The summed E-state index contributed by atoms with van der Waals surface area (Å²) in [5, 5.41) is 8.96. The Balaban J connectivity index is 1.77. The van der Waals surface area contributed by atoms with Crippen molar-refractivity contribution in [2.45, 2.75) is 25.9 Å². The zero-order valence-electron chi connectivity index (χ0n) is 12.0. The monoisotopic (exact) mass is 285 g/mol. The van der Waals surface area contributed by atoms with Crippen molar-refractivity contribution in [1.82, 2.24) is 4.98 Å². The maximum Gasteiger partial charge on any atom is 0.310 e. The molecule has 0 fully saturated rings. The van der Waals surface area contributed by atoms with Crippen LogP contribution in [0.15, 0.2) is 48.7 Å². The molecule has 2 rings (SSSR count). The van der Waals surface area contributed by atoms with Crippen molar-refractivity contribution in [2.24, 2.45) is 0 Å². The molecule has 0 aliphatic rings.